The van der Waals surface area contributed by atoms with E-state index in [0.717, 1.165) is 12.3 Å². The van der Waals surface area contributed by atoms with Crippen molar-refractivity contribution in [3.05, 3.63) is 29.3 Å². The predicted molar refractivity (Wildman–Crippen MR) is 58.0 cm³/mol. The lowest BCUT2D eigenvalue weighted by atomic mass is 10.0. The van der Waals surface area contributed by atoms with Gasteiger partial charge in [0.1, 0.15) is 5.75 Å². The van der Waals surface area contributed by atoms with E-state index in [-0.39, 0.29) is 0 Å². The summed E-state index contributed by atoms with van der Waals surface area (Å²) in [6.45, 7) is 1.05. The molecule has 1 aliphatic carbocycles. The fourth-order valence-electron chi connectivity index (χ4n) is 2.37. The number of rotatable bonds is 3. The fourth-order valence-corrected chi connectivity index (χ4v) is 2.37. The highest BCUT2D eigenvalue weighted by molar-refractivity contribution is 5.46. The number of aryl methyl sites for hydroxylation is 1. The third-order valence-electron chi connectivity index (χ3n) is 3.00. The van der Waals surface area contributed by atoms with Crippen LogP contribution in [0.5, 0.6) is 5.75 Å². The Morgan fingerprint density at radius 1 is 1.50 bits per heavy atom. The van der Waals surface area contributed by atoms with Crippen LogP contribution >= 0.6 is 0 Å². The van der Waals surface area contributed by atoms with Crippen LogP contribution in [0.1, 0.15) is 23.5 Å². The molecule has 0 heterocycles. The maximum absolute atomic E-state index is 5.41. The molecule has 1 atom stereocenters. The first-order chi connectivity index (χ1) is 6.86. The van der Waals surface area contributed by atoms with Gasteiger partial charge in [0, 0.05) is 18.0 Å². The Morgan fingerprint density at radius 2 is 2.36 bits per heavy atom. The van der Waals surface area contributed by atoms with Crippen molar-refractivity contribution in [2.75, 3.05) is 20.7 Å². The summed E-state index contributed by atoms with van der Waals surface area (Å²) in [5.41, 5.74) is 2.88. The molecule has 1 unspecified atom stereocenters. The molecule has 0 aromatic heterocycles. The zero-order valence-electron chi connectivity index (χ0n) is 8.84. The van der Waals surface area contributed by atoms with E-state index in [1.54, 1.807) is 7.11 Å². The quantitative estimate of drug-likeness (QED) is 0.788. The maximum atomic E-state index is 5.41. The van der Waals surface area contributed by atoms with E-state index in [1.807, 2.05) is 7.05 Å². The summed E-state index contributed by atoms with van der Waals surface area (Å²) >= 11 is 0. The maximum Gasteiger partial charge on any atom is 0.122 e. The first-order valence-electron chi connectivity index (χ1n) is 5.17. The van der Waals surface area contributed by atoms with Crippen LogP contribution < -0.4 is 10.1 Å². The molecule has 2 nitrogen and oxygen atoms in total. The molecule has 0 spiro atoms. The number of hydrogen-bond acceptors (Lipinski definition) is 2. The standard InChI is InChI=1S/C12H17NO/c1-13-8-10-7-6-9-4-3-5-11(14-2)12(9)10/h3-5,10,13H,6-8H2,1-2H3. The van der Waals surface area contributed by atoms with Gasteiger partial charge in [-0.1, -0.05) is 12.1 Å². The van der Waals surface area contributed by atoms with Gasteiger partial charge in [-0.15, -0.1) is 0 Å². The van der Waals surface area contributed by atoms with Crippen molar-refractivity contribution < 1.29 is 4.74 Å². The monoisotopic (exact) mass is 191 g/mol. The van der Waals surface area contributed by atoms with Crippen molar-refractivity contribution in [2.45, 2.75) is 18.8 Å². The number of likely N-dealkylation sites (N-methyl/N-ethyl adjacent to an activating group) is 1. The minimum absolute atomic E-state index is 0.631. The van der Waals surface area contributed by atoms with Crippen LogP contribution in [0.25, 0.3) is 0 Å². The molecule has 0 aliphatic heterocycles. The largest absolute Gasteiger partial charge is 0.496 e. The first-order valence-corrected chi connectivity index (χ1v) is 5.17. The van der Waals surface area contributed by atoms with E-state index in [4.69, 9.17) is 4.74 Å². The number of hydrogen-bond donors (Lipinski definition) is 1. The van der Waals surface area contributed by atoms with Gasteiger partial charge in [0.25, 0.3) is 0 Å². The lowest BCUT2D eigenvalue weighted by Crippen LogP contribution is -2.15. The molecule has 76 valence electrons. The summed E-state index contributed by atoms with van der Waals surface area (Å²) in [5.74, 6) is 1.69. The number of methoxy groups -OCH3 is 1. The highest BCUT2D eigenvalue weighted by Crippen LogP contribution is 2.38. The minimum Gasteiger partial charge on any atom is -0.496 e. The van der Waals surface area contributed by atoms with E-state index in [1.165, 1.54) is 24.0 Å². The predicted octanol–water partition coefficient (Wildman–Crippen LogP) is 1.94. The minimum atomic E-state index is 0.631. The van der Waals surface area contributed by atoms with E-state index < -0.39 is 0 Å². The van der Waals surface area contributed by atoms with Gasteiger partial charge in [0.05, 0.1) is 7.11 Å². The highest BCUT2D eigenvalue weighted by atomic mass is 16.5. The van der Waals surface area contributed by atoms with Crippen LogP contribution in [0.15, 0.2) is 18.2 Å². The SMILES string of the molecule is CNCC1CCc2cccc(OC)c21. The van der Waals surface area contributed by atoms with Crippen LogP contribution in [0.4, 0.5) is 0 Å². The third kappa shape index (κ3) is 1.50. The number of benzene rings is 1. The van der Waals surface area contributed by atoms with Gasteiger partial charge in [-0.25, -0.2) is 0 Å². The molecule has 2 heteroatoms. The van der Waals surface area contributed by atoms with Gasteiger partial charge in [-0.3, -0.25) is 0 Å². The van der Waals surface area contributed by atoms with Crippen LogP contribution in [0, 0.1) is 0 Å². The lowest BCUT2D eigenvalue weighted by Gasteiger charge is -2.14. The van der Waals surface area contributed by atoms with Gasteiger partial charge < -0.3 is 10.1 Å². The van der Waals surface area contributed by atoms with Crippen molar-refractivity contribution in [2.24, 2.45) is 0 Å². The summed E-state index contributed by atoms with van der Waals surface area (Å²) in [7, 11) is 3.76. The molecule has 2 rings (SSSR count). The second-order valence-electron chi connectivity index (χ2n) is 3.83. The Kier molecular flexibility index (Phi) is 2.73. The van der Waals surface area contributed by atoms with E-state index >= 15 is 0 Å². The van der Waals surface area contributed by atoms with Gasteiger partial charge in [0.2, 0.25) is 0 Å². The molecule has 1 aromatic rings. The average Bonchev–Trinajstić information content (AvgIpc) is 2.62. The molecule has 1 aliphatic rings. The Labute approximate surface area is 85.3 Å². The Morgan fingerprint density at radius 3 is 3.07 bits per heavy atom. The van der Waals surface area contributed by atoms with Crippen molar-refractivity contribution in [3.8, 4) is 5.75 Å². The number of ether oxygens (including phenoxy) is 1. The van der Waals surface area contributed by atoms with Crippen LogP contribution in [0.3, 0.4) is 0 Å². The highest BCUT2D eigenvalue weighted by Gasteiger charge is 2.24. The van der Waals surface area contributed by atoms with Crippen molar-refractivity contribution in [1.82, 2.24) is 5.32 Å². The topological polar surface area (TPSA) is 21.3 Å². The van der Waals surface area contributed by atoms with Crippen LogP contribution in [-0.4, -0.2) is 20.7 Å². The van der Waals surface area contributed by atoms with Crippen LogP contribution in [0.2, 0.25) is 0 Å². The number of nitrogens with one attached hydrogen (secondary N) is 1. The molecule has 0 fully saturated rings. The van der Waals surface area contributed by atoms with Crippen molar-refractivity contribution in [3.63, 3.8) is 0 Å². The van der Waals surface area contributed by atoms with Gasteiger partial charge in [-0.05, 0) is 31.5 Å². The van der Waals surface area contributed by atoms with Crippen LogP contribution in [-0.2, 0) is 6.42 Å². The Hall–Kier alpha value is -1.02. The molecule has 14 heavy (non-hydrogen) atoms. The van der Waals surface area contributed by atoms with Crippen molar-refractivity contribution >= 4 is 0 Å². The number of fused-ring (bicyclic) bond motifs is 1. The fraction of sp³-hybridized carbons (Fsp3) is 0.500. The zero-order valence-corrected chi connectivity index (χ0v) is 8.84. The van der Waals surface area contributed by atoms with Gasteiger partial charge in [-0.2, -0.15) is 0 Å². The normalized spacial score (nSPS) is 19.4. The summed E-state index contributed by atoms with van der Waals surface area (Å²) < 4.78 is 5.41. The zero-order chi connectivity index (χ0) is 9.97. The molecule has 0 saturated heterocycles. The molecule has 1 N–H and O–H groups in total. The molecular formula is C12H17NO. The van der Waals surface area contributed by atoms with Crippen molar-refractivity contribution in [1.29, 1.82) is 0 Å². The molecule has 0 amide bonds. The second-order valence-corrected chi connectivity index (χ2v) is 3.83. The second kappa shape index (κ2) is 4.01. The smallest absolute Gasteiger partial charge is 0.122 e. The average molecular weight is 191 g/mol. The summed E-state index contributed by atoms with van der Waals surface area (Å²) in [4.78, 5) is 0. The van der Waals surface area contributed by atoms with Gasteiger partial charge in [0.15, 0.2) is 0 Å². The summed E-state index contributed by atoms with van der Waals surface area (Å²) in [6, 6.07) is 6.36. The third-order valence-corrected chi connectivity index (χ3v) is 3.00. The molecule has 1 aromatic carbocycles. The van der Waals surface area contributed by atoms with Gasteiger partial charge >= 0.3 is 0 Å². The van der Waals surface area contributed by atoms with E-state index in [9.17, 15) is 0 Å². The Bertz CT molecular complexity index is 320. The summed E-state index contributed by atoms with van der Waals surface area (Å²) in [6.07, 6.45) is 2.44. The van der Waals surface area contributed by atoms with E-state index in [2.05, 4.69) is 23.5 Å². The first kappa shape index (κ1) is 9.53. The lowest BCUT2D eigenvalue weighted by molar-refractivity contribution is 0.406. The van der Waals surface area contributed by atoms with E-state index in [0.29, 0.717) is 5.92 Å². The summed E-state index contributed by atoms with van der Waals surface area (Å²) in [5, 5.41) is 3.25. The molecule has 0 bridgehead atoms. The molecular weight excluding hydrogens is 174 g/mol. The molecule has 0 saturated carbocycles. The molecule has 0 radical (unpaired) electrons. The Balaban J connectivity index is 2.35.